The van der Waals surface area contributed by atoms with Gasteiger partial charge in [0.15, 0.2) is 0 Å². The van der Waals surface area contributed by atoms with Gasteiger partial charge >= 0.3 is 0 Å². The summed E-state index contributed by atoms with van der Waals surface area (Å²) >= 11 is 0. The van der Waals surface area contributed by atoms with E-state index in [1.807, 2.05) is 27.8 Å². The van der Waals surface area contributed by atoms with E-state index in [4.69, 9.17) is 4.74 Å². The smallest absolute Gasteiger partial charge is 0.227 e. The van der Waals surface area contributed by atoms with E-state index in [-0.39, 0.29) is 17.4 Å². The predicted octanol–water partition coefficient (Wildman–Crippen LogP) is 0.821. The van der Waals surface area contributed by atoms with Gasteiger partial charge in [0.2, 0.25) is 5.91 Å². The summed E-state index contributed by atoms with van der Waals surface area (Å²) in [5.41, 5.74) is -0.310. The van der Waals surface area contributed by atoms with E-state index in [0.29, 0.717) is 6.54 Å². The molecule has 0 spiro atoms. The van der Waals surface area contributed by atoms with Crippen LogP contribution >= 0.6 is 0 Å². The fourth-order valence-electron chi connectivity index (χ4n) is 1.94. The number of carbonyl (C=O) groups excluding carboxylic acids is 1. The number of amides is 1. The molecule has 16 heavy (non-hydrogen) atoms. The molecule has 1 aliphatic heterocycles. The number of nitrogens with zero attached hydrogens (tertiary/aromatic N) is 2. The molecule has 0 aromatic rings. The molecule has 0 saturated carbocycles. The van der Waals surface area contributed by atoms with E-state index < -0.39 is 0 Å². The lowest BCUT2D eigenvalue weighted by Crippen LogP contribution is -2.48. The van der Waals surface area contributed by atoms with E-state index in [0.717, 1.165) is 19.7 Å². The first-order valence-electron chi connectivity index (χ1n) is 5.86. The lowest BCUT2D eigenvalue weighted by atomic mass is 9.95. The summed E-state index contributed by atoms with van der Waals surface area (Å²) in [5, 5.41) is 0. The van der Waals surface area contributed by atoms with Gasteiger partial charge in [0.25, 0.3) is 0 Å². The van der Waals surface area contributed by atoms with Gasteiger partial charge in [-0.25, -0.2) is 0 Å². The molecule has 1 heterocycles. The van der Waals surface area contributed by atoms with Crippen LogP contribution in [0.2, 0.25) is 0 Å². The molecule has 0 aromatic carbocycles. The van der Waals surface area contributed by atoms with Crippen molar-refractivity contribution in [2.45, 2.75) is 26.9 Å². The summed E-state index contributed by atoms with van der Waals surface area (Å²) in [6.07, 6.45) is 0.148. The first-order valence-corrected chi connectivity index (χ1v) is 5.86. The van der Waals surface area contributed by atoms with E-state index in [1.165, 1.54) is 0 Å². The minimum atomic E-state index is -0.310. The highest BCUT2D eigenvalue weighted by atomic mass is 16.5. The molecule has 0 N–H and O–H groups in total. The molecule has 4 nitrogen and oxygen atoms in total. The summed E-state index contributed by atoms with van der Waals surface area (Å²) in [6, 6.07) is 0. The average Bonchev–Trinajstić information content (AvgIpc) is 2.15. The van der Waals surface area contributed by atoms with Crippen LogP contribution in [0, 0.1) is 5.41 Å². The Hall–Kier alpha value is -0.610. The third-order valence-electron chi connectivity index (χ3n) is 2.81. The van der Waals surface area contributed by atoms with Gasteiger partial charge in [0.05, 0.1) is 12.7 Å². The Morgan fingerprint density at radius 2 is 2.12 bits per heavy atom. The molecule has 1 aliphatic rings. The maximum absolute atomic E-state index is 12.0. The number of morpholine rings is 1. The van der Waals surface area contributed by atoms with Crippen molar-refractivity contribution in [2.24, 2.45) is 5.41 Å². The largest absolute Gasteiger partial charge is 0.374 e. The fraction of sp³-hybridized carbons (Fsp3) is 0.917. The predicted molar refractivity (Wildman–Crippen MR) is 64.3 cm³/mol. The lowest BCUT2D eigenvalue weighted by molar-refractivity contribution is -0.141. The average molecular weight is 228 g/mol. The highest BCUT2D eigenvalue weighted by Gasteiger charge is 2.27. The van der Waals surface area contributed by atoms with E-state index in [9.17, 15) is 4.79 Å². The summed E-state index contributed by atoms with van der Waals surface area (Å²) in [5.74, 6) is 0.171. The first kappa shape index (κ1) is 13.5. The quantitative estimate of drug-likeness (QED) is 0.701. The van der Waals surface area contributed by atoms with Gasteiger partial charge in [0.1, 0.15) is 0 Å². The summed E-state index contributed by atoms with van der Waals surface area (Å²) in [4.78, 5) is 16.0. The van der Waals surface area contributed by atoms with Crippen molar-refractivity contribution >= 4 is 5.91 Å². The van der Waals surface area contributed by atoms with Crippen LogP contribution in [0.5, 0.6) is 0 Å². The number of hydrogen-bond donors (Lipinski definition) is 0. The van der Waals surface area contributed by atoms with Crippen LogP contribution in [-0.4, -0.2) is 62.1 Å². The number of likely N-dealkylation sites (N-methyl/N-ethyl adjacent to an activating group) is 2. The van der Waals surface area contributed by atoms with Crippen molar-refractivity contribution in [3.8, 4) is 0 Å². The fourth-order valence-corrected chi connectivity index (χ4v) is 1.94. The second-order valence-electron chi connectivity index (χ2n) is 5.69. The summed E-state index contributed by atoms with van der Waals surface area (Å²) in [6.45, 7) is 9.16. The zero-order chi connectivity index (χ0) is 12.3. The minimum absolute atomic E-state index is 0.148. The summed E-state index contributed by atoms with van der Waals surface area (Å²) < 4.78 is 5.65. The monoisotopic (exact) mass is 228 g/mol. The van der Waals surface area contributed by atoms with Gasteiger partial charge in [-0.15, -0.1) is 0 Å². The molecule has 1 rings (SSSR count). The third kappa shape index (κ3) is 3.76. The molecule has 94 valence electrons. The van der Waals surface area contributed by atoms with Gasteiger partial charge < -0.3 is 14.5 Å². The van der Waals surface area contributed by atoms with Crippen LogP contribution in [0.1, 0.15) is 20.8 Å². The maximum Gasteiger partial charge on any atom is 0.227 e. The zero-order valence-corrected chi connectivity index (χ0v) is 11.1. The van der Waals surface area contributed by atoms with E-state index in [1.54, 1.807) is 4.90 Å². The Morgan fingerprint density at radius 3 is 2.62 bits per heavy atom. The molecule has 1 amide bonds. The molecule has 1 atom stereocenters. The Morgan fingerprint density at radius 1 is 1.50 bits per heavy atom. The van der Waals surface area contributed by atoms with E-state index >= 15 is 0 Å². The Bertz CT molecular complexity index is 248. The Labute approximate surface area is 98.5 Å². The first-order chi connectivity index (χ1) is 7.30. The molecular weight excluding hydrogens is 204 g/mol. The molecule has 0 aromatic heterocycles. The topological polar surface area (TPSA) is 32.8 Å². The van der Waals surface area contributed by atoms with Crippen LogP contribution in [0.4, 0.5) is 0 Å². The van der Waals surface area contributed by atoms with Gasteiger partial charge in [-0.1, -0.05) is 20.8 Å². The molecule has 0 radical (unpaired) electrons. The number of rotatable bonds is 2. The van der Waals surface area contributed by atoms with Crippen molar-refractivity contribution in [3.63, 3.8) is 0 Å². The van der Waals surface area contributed by atoms with Crippen LogP contribution in [0.15, 0.2) is 0 Å². The molecule has 0 bridgehead atoms. The van der Waals surface area contributed by atoms with Gasteiger partial charge in [-0.05, 0) is 7.05 Å². The molecule has 4 heteroatoms. The van der Waals surface area contributed by atoms with Crippen molar-refractivity contribution in [2.75, 3.05) is 40.3 Å². The van der Waals surface area contributed by atoms with Crippen molar-refractivity contribution in [3.05, 3.63) is 0 Å². The standard InChI is InChI=1S/C12H24N2O2/c1-12(2,3)11(15)14(5)9-10-8-13(4)6-7-16-10/h10H,6-9H2,1-5H3. The van der Waals surface area contributed by atoms with Crippen LogP contribution in [-0.2, 0) is 9.53 Å². The van der Waals surface area contributed by atoms with Crippen molar-refractivity contribution in [1.82, 2.24) is 9.80 Å². The van der Waals surface area contributed by atoms with Crippen LogP contribution in [0.3, 0.4) is 0 Å². The maximum atomic E-state index is 12.0. The van der Waals surface area contributed by atoms with Gasteiger partial charge in [-0.2, -0.15) is 0 Å². The normalized spacial score (nSPS) is 23.2. The molecule has 1 fully saturated rings. The van der Waals surface area contributed by atoms with Crippen molar-refractivity contribution < 1.29 is 9.53 Å². The number of hydrogen-bond acceptors (Lipinski definition) is 3. The molecule has 0 aliphatic carbocycles. The number of ether oxygens (including phenoxy) is 1. The molecular formula is C12H24N2O2. The van der Waals surface area contributed by atoms with Crippen molar-refractivity contribution in [1.29, 1.82) is 0 Å². The minimum Gasteiger partial charge on any atom is -0.374 e. The molecule has 1 unspecified atom stereocenters. The number of carbonyl (C=O) groups is 1. The third-order valence-corrected chi connectivity index (χ3v) is 2.81. The van der Waals surface area contributed by atoms with Gasteiger partial charge in [0, 0.05) is 32.1 Å². The highest BCUT2D eigenvalue weighted by molar-refractivity contribution is 5.81. The Balaban J connectivity index is 2.44. The van der Waals surface area contributed by atoms with Gasteiger partial charge in [-0.3, -0.25) is 4.79 Å². The van der Waals surface area contributed by atoms with Crippen LogP contribution in [0.25, 0.3) is 0 Å². The Kier molecular flexibility index (Phi) is 4.33. The summed E-state index contributed by atoms with van der Waals surface area (Å²) in [7, 11) is 3.94. The second kappa shape index (κ2) is 5.15. The van der Waals surface area contributed by atoms with E-state index in [2.05, 4.69) is 11.9 Å². The van der Waals surface area contributed by atoms with Crippen LogP contribution < -0.4 is 0 Å². The highest BCUT2D eigenvalue weighted by Crippen LogP contribution is 2.17. The zero-order valence-electron chi connectivity index (χ0n) is 11.1. The SMILES string of the molecule is CN1CCOC(CN(C)C(=O)C(C)(C)C)C1. The second-order valence-corrected chi connectivity index (χ2v) is 5.69. The molecule has 1 saturated heterocycles. The lowest BCUT2D eigenvalue weighted by Gasteiger charge is -2.34.